The van der Waals surface area contributed by atoms with Crippen molar-refractivity contribution in [2.75, 3.05) is 30.6 Å². The molecular formula is C33H31F2N5O3S2. The molecule has 0 radical (unpaired) electrons. The van der Waals surface area contributed by atoms with Gasteiger partial charge < -0.3 is 20.5 Å². The second-order valence-corrected chi connectivity index (χ2v) is 12.5. The van der Waals surface area contributed by atoms with Gasteiger partial charge in [-0.25, -0.2) is 23.5 Å². The average molecular weight is 648 g/mol. The Morgan fingerprint density at radius 3 is 1.87 bits per heavy atom. The van der Waals surface area contributed by atoms with Crippen LogP contribution < -0.4 is 25.8 Å². The number of nitrogens with two attached hydrogens (primary N) is 1. The van der Waals surface area contributed by atoms with Crippen molar-refractivity contribution in [3.05, 3.63) is 88.7 Å². The lowest BCUT2D eigenvalue weighted by atomic mass is 10.0. The highest BCUT2D eigenvalue weighted by Gasteiger charge is 2.23. The second kappa shape index (κ2) is 13.2. The fraction of sp³-hybridized carbons (Fsp3) is 0.242. The molecule has 45 heavy (non-hydrogen) atoms. The molecule has 4 N–H and O–H groups in total. The van der Waals surface area contributed by atoms with E-state index in [4.69, 9.17) is 15.2 Å². The van der Waals surface area contributed by atoms with Gasteiger partial charge in [0.25, 0.3) is 0 Å². The number of fused-ring (bicyclic) bond motifs is 6. The Morgan fingerprint density at radius 2 is 1.29 bits per heavy atom. The second-order valence-electron chi connectivity index (χ2n) is 10.5. The number of methoxy groups -OCH3 is 2. The van der Waals surface area contributed by atoms with E-state index in [0.717, 1.165) is 89.5 Å². The number of nitrogen functional groups attached to an aromatic ring is 1. The third-order valence-electron chi connectivity index (χ3n) is 7.71. The molecule has 2 amide bonds. The number of nitrogens with one attached hydrogen (secondary N) is 2. The SMILES string of the molecule is COc1cccc2c1CCCc1nc(N)sc1-2.COc1cccc2c1CCCc1nc(NC(=O)Nc3c(F)cccc3F)sc1-2. The molecule has 7 rings (SSSR count). The predicted octanol–water partition coefficient (Wildman–Crippen LogP) is 8.12. The monoisotopic (exact) mass is 647 g/mol. The van der Waals surface area contributed by atoms with Crippen LogP contribution in [0.2, 0.25) is 0 Å². The molecule has 0 aliphatic heterocycles. The first kappa shape index (κ1) is 30.5. The summed E-state index contributed by atoms with van der Waals surface area (Å²) in [6.45, 7) is 0. The minimum atomic E-state index is -0.842. The number of thiazole rings is 2. The standard InChI is InChI=1S/C20H17F2N3O2S.C13H14N2OS/c1-27-16-10-3-6-12-11(16)5-2-9-15-18(12)28-20(23-15)25-19(26)24-17-13(21)7-4-8-14(17)22;1-16-11-7-3-5-9-8(11)4-2-6-10-12(9)17-13(14)15-10/h3-4,6-8,10H,2,5,9H2,1H3,(H2,23,24,25,26);3,5,7H,2,4,6H2,1H3,(H2,14,15). The van der Waals surface area contributed by atoms with Gasteiger partial charge in [-0.15, -0.1) is 0 Å². The smallest absolute Gasteiger partial charge is 0.325 e. The molecule has 3 aromatic carbocycles. The Bertz CT molecular complexity index is 1850. The largest absolute Gasteiger partial charge is 0.496 e. The van der Waals surface area contributed by atoms with Crippen LogP contribution >= 0.6 is 22.7 Å². The number of rotatable bonds is 4. The average Bonchev–Trinajstić information content (AvgIpc) is 3.50. The zero-order valence-electron chi connectivity index (χ0n) is 24.7. The number of nitrogens with zero attached hydrogens (tertiary/aromatic N) is 2. The highest BCUT2D eigenvalue weighted by molar-refractivity contribution is 7.19. The van der Waals surface area contributed by atoms with Gasteiger partial charge in [0.2, 0.25) is 0 Å². The molecule has 2 aliphatic rings. The quantitative estimate of drug-likeness (QED) is 0.182. The molecule has 8 nitrogen and oxygen atoms in total. The first-order valence-electron chi connectivity index (χ1n) is 14.5. The van der Waals surface area contributed by atoms with E-state index in [1.807, 2.05) is 30.3 Å². The topological polar surface area (TPSA) is 111 Å². The summed E-state index contributed by atoms with van der Waals surface area (Å²) in [6, 6.07) is 14.7. The van der Waals surface area contributed by atoms with Crippen LogP contribution in [0, 0.1) is 11.6 Å². The Labute approximate surface area is 267 Å². The molecule has 2 aromatic heterocycles. The van der Waals surface area contributed by atoms with E-state index >= 15 is 0 Å². The summed E-state index contributed by atoms with van der Waals surface area (Å²) in [4.78, 5) is 23.3. The number of para-hydroxylation sites is 1. The van der Waals surface area contributed by atoms with E-state index in [2.05, 4.69) is 26.7 Å². The van der Waals surface area contributed by atoms with Gasteiger partial charge in [0, 0.05) is 22.3 Å². The van der Waals surface area contributed by atoms with Crippen LogP contribution in [0.15, 0.2) is 54.6 Å². The Hall–Kier alpha value is -4.55. The lowest BCUT2D eigenvalue weighted by molar-refractivity contribution is 0.262. The number of anilines is 3. The molecular weight excluding hydrogens is 617 g/mol. The van der Waals surface area contributed by atoms with Crippen LogP contribution in [0.25, 0.3) is 20.9 Å². The third kappa shape index (κ3) is 6.34. The van der Waals surface area contributed by atoms with Crippen molar-refractivity contribution in [2.45, 2.75) is 38.5 Å². The molecule has 2 heterocycles. The maximum atomic E-state index is 13.7. The number of carbonyl (C=O) groups is 1. The number of aromatic nitrogens is 2. The highest BCUT2D eigenvalue weighted by Crippen LogP contribution is 2.42. The number of hydrogen-bond acceptors (Lipinski definition) is 8. The Balaban J connectivity index is 0.000000179. The van der Waals surface area contributed by atoms with Crippen LogP contribution in [0.1, 0.15) is 35.4 Å². The van der Waals surface area contributed by atoms with Crippen molar-refractivity contribution in [3.63, 3.8) is 0 Å². The van der Waals surface area contributed by atoms with E-state index in [1.54, 1.807) is 25.6 Å². The number of benzene rings is 3. The highest BCUT2D eigenvalue weighted by atomic mass is 32.1. The molecule has 0 unspecified atom stereocenters. The first-order valence-corrected chi connectivity index (χ1v) is 16.1. The number of hydrogen-bond donors (Lipinski definition) is 3. The summed E-state index contributed by atoms with van der Waals surface area (Å²) in [6.07, 6.45) is 5.72. The van der Waals surface area contributed by atoms with Gasteiger partial charge in [-0.3, -0.25) is 5.32 Å². The summed E-state index contributed by atoms with van der Waals surface area (Å²) >= 11 is 2.91. The van der Waals surface area contributed by atoms with Crippen molar-refractivity contribution in [2.24, 2.45) is 0 Å². The molecule has 2 aliphatic carbocycles. The summed E-state index contributed by atoms with van der Waals surface area (Å²) in [7, 11) is 3.37. The first-order chi connectivity index (χ1) is 21.9. The van der Waals surface area contributed by atoms with Crippen LogP contribution in [-0.2, 0) is 25.7 Å². The number of urea groups is 1. The molecule has 0 spiro atoms. The minimum Gasteiger partial charge on any atom is -0.496 e. The lowest BCUT2D eigenvalue weighted by Gasteiger charge is -2.10. The van der Waals surface area contributed by atoms with E-state index in [9.17, 15) is 13.6 Å². The fourth-order valence-electron chi connectivity index (χ4n) is 5.71. The number of aryl methyl sites for hydroxylation is 2. The van der Waals surface area contributed by atoms with Gasteiger partial charge in [-0.05, 0) is 62.8 Å². The van der Waals surface area contributed by atoms with Gasteiger partial charge >= 0.3 is 6.03 Å². The summed E-state index contributed by atoms with van der Waals surface area (Å²) in [5, 5.41) is 5.81. The minimum absolute atomic E-state index is 0.370. The number of amides is 2. The Kier molecular flexibility index (Phi) is 8.95. The molecule has 0 atom stereocenters. The summed E-state index contributed by atoms with van der Waals surface area (Å²) in [5.41, 5.74) is 12.0. The maximum absolute atomic E-state index is 13.7. The van der Waals surface area contributed by atoms with Gasteiger partial charge in [-0.1, -0.05) is 53.0 Å². The van der Waals surface area contributed by atoms with Crippen LogP contribution in [-0.4, -0.2) is 30.2 Å². The van der Waals surface area contributed by atoms with E-state index in [1.165, 1.54) is 33.4 Å². The zero-order chi connectivity index (χ0) is 31.5. The van der Waals surface area contributed by atoms with Crippen molar-refractivity contribution < 1.29 is 23.0 Å². The zero-order valence-corrected chi connectivity index (χ0v) is 26.3. The van der Waals surface area contributed by atoms with Crippen LogP contribution in [0.3, 0.4) is 0 Å². The van der Waals surface area contributed by atoms with Crippen molar-refractivity contribution in [1.82, 2.24) is 9.97 Å². The van der Waals surface area contributed by atoms with E-state index < -0.39 is 23.4 Å². The molecule has 232 valence electrons. The molecule has 0 bridgehead atoms. The molecule has 0 saturated heterocycles. The van der Waals surface area contributed by atoms with E-state index in [0.29, 0.717) is 10.3 Å². The molecule has 0 saturated carbocycles. The molecule has 5 aromatic rings. The third-order valence-corrected chi connectivity index (χ3v) is 9.72. The maximum Gasteiger partial charge on any atom is 0.325 e. The van der Waals surface area contributed by atoms with Gasteiger partial charge in [-0.2, -0.15) is 0 Å². The molecule has 0 fully saturated rings. The summed E-state index contributed by atoms with van der Waals surface area (Å²) < 4.78 is 38.3. The van der Waals surface area contributed by atoms with Gasteiger partial charge in [0.1, 0.15) is 28.8 Å². The molecule has 12 heteroatoms. The fourth-order valence-corrected chi connectivity index (χ4v) is 7.71. The normalized spacial score (nSPS) is 13.0. The van der Waals surface area contributed by atoms with Crippen molar-refractivity contribution in [3.8, 4) is 32.4 Å². The number of halogens is 2. The summed E-state index contributed by atoms with van der Waals surface area (Å²) in [5.74, 6) is 0.125. The van der Waals surface area contributed by atoms with Gasteiger partial charge in [0.15, 0.2) is 10.3 Å². The van der Waals surface area contributed by atoms with Crippen molar-refractivity contribution in [1.29, 1.82) is 0 Å². The van der Waals surface area contributed by atoms with Gasteiger partial charge in [0.05, 0.1) is 35.4 Å². The number of carbonyl (C=O) groups excluding carboxylic acids is 1. The van der Waals surface area contributed by atoms with E-state index in [-0.39, 0.29) is 0 Å². The lowest BCUT2D eigenvalue weighted by Crippen LogP contribution is -2.20. The predicted molar refractivity (Wildman–Crippen MR) is 176 cm³/mol. The number of ether oxygens (including phenoxy) is 2. The van der Waals surface area contributed by atoms with Crippen molar-refractivity contribution >= 4 is 44.7 Å². The van der Waals surface area contributed by atoms with Crippen LogP contribution in [0.4, 0.5) is 29.5 Å². The Morgan fingerprint density at radius 1 is 0.756 bits per heavy atom. The van der Waals surface area contributed by atoms with Crippen LogP contribution in [0.5, 0.6) is 11.5 Å².